The molecule has 0 fully saturated rings. The zero-order valence-electron chi connectivity index (χ0n) is 10.3. The van der Waals surface area contributed by atoms with Crippen LogP contribution in [0.4, 0.5) is 11.5 Å². The molecule has 0 bridgehead atoms. The number of anilines is 2. The van der Waals surface area contributed by atoms with Gasteiger partial charge in [0, 0.05) is 11.1 Å². The van der Waals surface area contributed by atoms with Gasteiger partial charge in [-0.2, -0.15) is 0 Å². The predicted octanol–water partition coefficient (Wildman–Crippen LogP) is 1.19. The van der Waals surface area contributed by atoms with Gasteiger partial charge < -0.3 is 16.2 Å². The molecule has 0 amide bonds. The second-order valence-electron chi connectivity index (χ2n) is 4.50. The van der Waals surface area contributed by atoms with E-state index in [1.165, 1.54) is 0 Å². The zero-order chi connectivity index (χ0) is 13.7. The number of ether oxygens (including phenoxy) is 1. The molecule has 1 unspecified atom stereocenters. The Morgan fingerprint density at radius 2 is 2.05 bits per heavy atom. The lowest BCUT2D eigenvalue weighted by atomic mass is 10.2. The van der Waals surface area contributed by atoms with Gasteiger partial charge in [0.05, 0.1) is 17.9 Å². The number of rotatable bonds is 1. The minimum Gasteiger partial charge on any atom is -0.457 e. The van der Waals surface area contributed by atoms with Crippen LogP contribution in [0.25, 0.3) is 10.9 Å². The summed E-state index contributed by atoms with van der Waals surface area (Å²) in [5.41, 5.74) is 13.7. The minimum absolute atomic E-state index is 0.362. The maximum Gasteiger partial charge on any atom is 0.250 e. The van der Waals surface area contributed by atoms with Gasteiger partial charge in [-0.1, -0.05) is 0 Å². The van der Waals surface area contributed by atoms with Crippen molar-refractivity contribution in [1.82, 2.24) is 9.97 Å². The van der Waals surface area contributed by atoms with Crippen LogP contribution in [0, 0.1) is 0 Å². The maximum atomic E-state index is 5.96. The van der Waals surface area contributed by atoms with Crippen LogP contribution < -0.4 is 11.5 Å². The summed E-state index contributed by atoms with van der Waals surface area (Å²) in [5.74, 6) is 1.42. The molecule has 1 atom stereocenters. The van der Waals surface area contributed by atoms with E-state index in [0.717, 1.165) is 5.39 Å². The predicted molar refractivity (Wildman–Crippen MR) is 76.2 cm³/mol. The van der Waals surface area contributed by atoms with Gasteiger partial charge in [-0.25, -0.2) is 15.0 Å². The third-order valence-electron chi connectivity index (χ3n) is 3.12. The van der Waals surface area contributed by atoms with Gasteiger partial charge in [0.2, 0.25) is 0 Å². The largest absolute Gasteiger partial charge is 0.457 e. The van der Waals surface area contributed by atoms with Gasteiger partial charge in [-0.05, 0) is 18.2 Å². The molecule has 2 aliphatic rings. The lowest BCUT2D eigenvalue weighted by Gasteiger charge is -2.10. The fourth-order valence-corrected chi connectivity index (χ4v) is 2.18. The summed E-state index contributed by atoms with van der Waals surface area (Å²) in [4.78, 5) is 17.0. The Hall–Kier alpha value is -2.96. The Labute approximate surface area is 113 Å². The summed E-state index contributed by atoms with van der Waals surface area (Å²) in [5, 5.41) is 0.723. The normalized spacial score (nSPS) is 19.7. The molecule has 2 aromatic rings. The summed E-state index contributed by atoms with van der Waals surface area (Å²) in [6, 6.07) is 5.32. The molecule has 3 heterocycles. The van der Waals surface area contributed by atoms with Crippen molar-refractivity contribution in [2.24, 2.45) is 9.98 Å². The summed E-state index contributed by atoms with van der Waals surface area (Å²) in [6.07, 6.45) is 2.68. The highest BCUT2D eigenvalue weighted by atomic mass is 16.5. The van der Waals surface area contributed by atoms with Gasteiger partial charge >= 0.3 is 0 Å². The molecule has 7 nitrogen and oxygen atoms in total. The molecule has 2 aliphatic heterocycles. The Bertz CT molecular complexity index is 823. The lowest BCUT2D eigenvalue weighted by molar-refractivity contribution is 0.150. The Morgan fingerprint density at radius 1 is 1.15 bits per heavy atom. The molecular weight excluding hydrogens is 256 g/mol. The van der Waals surface area contributed by atoms with Crippen LogP contribution in [-0.4, -0.2) is 21.9 Å². The minimum atomic E-state index is -0.577. The van der Waals surface area contributed by atoms with Gasteiger partial charge in [-0.3, -0.25) is 4.99 Å². The quantitative estimate of drug-likeness (QED) is 0.753. The number of benzene rings is 1. The first-order valence-electron chi connectivity index (χ1n) is 6.01. The maximum absolute atomic E-state index is 5.96. The van der Waals surface area contributed by atoms with Crippen molar-refractivity contribution in [1.29, 1.82) is 0 Å². The number of nitrogens with two attached hydrogens (primary N) is 2. The van der Waals surface area contributed by atoms with Crippen LogP contribution in [0.3, 0.4) is 0 Å². The van der Waals surface area contributed by atoms with Crippen molar-refractivity contribution in [3.05, 3.63) is 36.0 Å². The highest BCUT2D eigenvalue weighted by Gasteiger charge is 2.28. The molecule has 1 aromatic heterocycles. The lowest BCUT2D eigenvalue weighted by Crippen LogP contribution is -2.06. The second kappa shape index (κ2) is 3.77. The average molecular weight is 266 g/mol. The van der Waals surface area contributed by atoms with E-state index in [4.69, 9.17) is 16.2 Å². The van der Waals surface area contributed by atoms with Crippen LogP contribution in [-0.2, 0) is 4.74 Å². The third kappa shape index (κ3) is 1.53. The van der Waals surface area contributed by atoms with E-state index < -0.39 is 6.23 Å². The summed E-state index contributed by atoms with van der Waals surface area (Å²) >= 11 is 0. The number of aliphatic imine (C=N–C) groups is 2. The Morgan fingerprint density at radius 3 is 2.90 bits per heavy atom. The Balaban J connectivity index is 1.82. The van der Waals surface area contributed by atoms with E-state index in [1.807, 2.05) is 0 Å². The summed E-state index contributed by atoms with van der Waals surface area (Å²) < 4.78 is 5.63. The molecule has 98 valence electrons. The molecule has 4 rings (SSSR count). The van der Waals surface area contributed by atoms with Gasteiger partial charge in [0.25, 0.3) is 6.23 Å². The van der Waals surface area contributed by atoms with Gasteiger partial charge in [-0.15, -0.1) is 0 Å². The van der Waals surface area contributed by atoms with Crippen LogP contribution in [0.5, 0.6) is 0 Å². The molecule has 20 heavy (non-hydrogen) atoms. The Kier molecular flexibility index (Phi) is 2.06. The number of nitrogen functional groups attached to an aromatic ring is 2. The highest BCUT2D eigenvalue weighted by Crippen LogP contribution is 2.30. The van der Waals surface area contributed by atoms with Crippen molar-refractivity contribution in [2.45, 2.75) is 6.23 Å². The first-order chi connectivity index (χ1) is 9.70. The first kappa shape index (κ1) is 10.9. The van der Waals surface area contributed by atoms with Gasteiger partial charge in [0.1, 0.15) is 11.5 Å². The first-order valence-corrected chi connectivity index (χ1v) is 6.01. The molecule has 0 saturated carbocycles. The number of hydrogen-bond acceptors (Lipinski definition) is 7. The monoisotopic (exact) mass is 266 g/mol. The smallest absolute Gasteiger partial charge is 0.250 e. The van der Waals surface area contributed by atoms with E-state index in [2.05, 4.69) is 20.0 Å². The highest BCUT2D eigenvalue weighted by molar-refractivity contribution is 6.39. The van der Waals surface area contributed by atoms with Crippen LogP contribution in [0.1, 0.15) is 12.1 Å². The molecule has 1 aromatic carbocycles. The average Bonchev–Trinajstić information content (AvgIpc) is 3.00. The van der Waals surface area contributed by atoms with Crippen molar-refractivity contribution >= 4 is 34.3 Å². The zero-order valence-corrected chi connectivity index (χ0v) is 10.3. The molecular formula is C13H10N6O. The fourth-order valence-electron chi connectivity index (χ4n) is 2.18. The van der Waals surface area contributed by atoms with Crippen LogP contribution in [0.2, 0.25) is 0 Å². The van der Waals surface area contributed by atoms with E-state index in [0.29, 0.717) is 34.3 Å². The number of fused-ring (bicyclic) bond motifs is 2. The molecule has 4 N–H and O–H groups in total. The standard InChI is InChI=1S/C13H10N6O/c14-6-1-2-8-7(3-6)11(15)19-12(17-8)13-18-9-4-16-5-10(9)20-13/h1-5,13H,14H2,(H2,15,17,19). The van der Waals surface area contributed by atoms with Gasteiger partial charge in [0.15, 0.2) is 11.6 Å². The van der Waals surface area contributed by atoms with Crippen molar-refractivity contribution < 1.29 is 4.74 Å². The van der Waals surface area contributed by atoms with Crippen molar-refractivity contribution in [3.63, 3.8) is 0 Å². The molecule has 0 saturated heterocycles. The topological polar surface area (TPSA) is 112 Å². The van der Waals surface area contributed by atoms with Crippen molar-refractivity contribution in [2.75, 3.05) is 11.5 Å². The SMILES string of the molecule is Nc1ccc2nc(C3N=C4C=NC=C4O3)nc(N)c2c1. The third-order valence-corrected chi connectivity index (χ3v) is 3.12. The van der Waals surface area contributed by atoms with Crippen LogP contribution >= 0.6 is 0 Å². The van der Waals surface area contributed by atoms with E-state index in [-0.39, 0.29) is 0 Å². The molecule has 0 radical (unpaired) electrons. The number of aromatic nitrogens is 2. The van der Waals surface area contributed by atoms with E-state index in [1.54, 1.807) is 30.6 Å². The fraction of sp³-hybridized carbons (Fsp3) is 0.0769. The number of allylic oxidation sites excluding steroid dienone is 1. The number of nitrogens with zero attached hydrogens (tertiary/aromatic N) is 4. The summed E-state index contributed by atoms with van der Waals surface area (Å²) in [7, 11) is 0. The second-order valence-corrected chi connectivity index (χ2v) is 4.50. The van der Waals surface area contributed by atoms with E-state index in [9.17, 15) is 0 Å². The number of hydrogen-bond donors (Lipinski definition) is 2. The molecule has 0 spiro atoms. The van der Waals surface area contributed by atoms with E-state index >= 15 is 0 Å². The molecule has 0 aliphatic carbocycles. The van der Waals surface area contributed by atoms with Crippen molar-refractivity contribution in [3.8, 4) is 0 Å². The summed E-state index contributed by atoms with van der Waals surface area (Å²) in [6.45, 7) is 0. The molecule has 7 heteroatoms. The van der Waals surface area contributed by atoms with Crippen LogP contribution in [0.15, 0.2) is 40.1 Å².